The van der Waals surface area contributed by atoms with E-state index in [4.69, 9.17) is 17.3 Å². The number of aryl methyl sites for hydroxylation is 1. The summed E-state index contributed by atoms with van der Waals surface area (Å²) in [6, 6.07) is 8.88. The number of rotatable bonds is 3. The first-order valence-corrected chi connectivity index (χ1v) is 7.50. The zero-order chi connectivity index (χ0) is 14.9. The van der Waals surface area contributed by atoms with Gasteiger partial charge in [-0.05, 0) is 36.8 Å². The van der Waals surface area contributed by atoms with Gasteiger partial charge in [0.1, 0.15) is 4.90 Å². The second-order valence-electron chi connectivity index (χ2n) is 4.29. The van der Waals surface area contributed by atoms with Gasteiger partial charge in [0.2, 0.25) is 0 Å². The summed E-state index contributed by atoms with van der Waals surface area (Å²) in [5.41, 5.74) is 6.78. The van der Waals surface area contributed by atoms with E-state index in [-0.39, 0.29) is 10.7 Å². The molecular weight excluding hydrogens is 303 g/mol. The van der Waals surface area contributed by atoms with Crippen LogP contribution < -0.4 is 10.5 Å². The molecule has 0 spiro atoms. The predicted molar refractivity (Wildman–Crippen MR) is 77.8 cm³/mol. The first-order valence-electron chi connectivity index (χ1n) is 5.63. The van der Waals surface area contributed by atoms with Crippen molar-refractivity contribution in [2.45, 2.75) is 11.8 Å². The van der Waals surface area contributed by atoms with Crippen LogP contribution in [0.2, 0.25) is 5.02 Å². The van der Waals surface area contributed by atoms with Crippen LogP contribution in [0.15, 0.2) is 41.3 Å². The number of nitrogen functional groups attached to an aromatic ring is 1. The Balaban J connectivity index is 2.46. The number of halogens is 2. The van der Waals surface area contributed by atoms with Gasteiger partial charge in [-0.15, -0.1) is 0 Å². The van der Waals surface area contributed by atoms with Crippen LogP contribution in [0.25, 0.3) is 0 Å². The summed E-state index contributed by atoms with van der Waals surface area (Å²) in [7, 11) is -4.10. The Morgan fingerprint density at radius 1 is 1.25 bits per heavy atom. The highest BCUT2D eigenvalue weighted by Gasteiger charge is 2.22. The Kier molecular flexibility index (Phi) is 3.87. The summed E-state index contributed by atoms with van der Waals surface area (Å²) in [4.78, 5) is -0.580. The lowest BCUT2D eigenvalue weighted by Gasteiger charge is -2.11. The molecule has 0 aliphatic rings. The third-order valence-electron chi connectivity index (χ3n) is 2.58. The van der Waals surface area contributed by atoms with Crippen molar-refractivity contribution in [3.05, 3.63) is 52.8 Å². The zero-order valence-electron chi connectivity index (χ0n) is 10.5. The van der Waals surface area contributed by atoms with Crippen LogP contribution in [0.3, 0.4) is 0 Å². The number of nitrogens with two attached hydrogens (primary N) is 1. The average Bonchev–Trinajstić information content (AvgIpc) is 2.33. The fourth-order valence-corrected chi connectivity index (χ4v) is 3.17. The molecule has 0 fully saturated rings. The van der Waals surface area contributed by atoms with E-state index >= 15 is 0 Å². The number of nitrogens with one attached hydrogen (secondary N) is 1. The van der Waals surface area contributed by atoms with E-state index in [9.17, 15) is 12.8 Å². The molecule has 0 saturated carbocycles. The maximum atomic E-state index is 13.9. The van der Waals surface area contributed by atoms with Gasteiger partial charge in [0.05, 0.1) is 5.02 Å². The molecule has 2 rings (SSSR count). The molecule has 20 heavy (non-hydrogen) atoms. The Hall–Kier alpha value is -1.79. The molecule has 0 bridgehead atoms. The Morgan fingerprint density at radius 3 is 2.60 bits per heavy atom. The van der Waals surface area contributed by atoms with E-state index in [0.29, 0.717) is 5.69 Å². The van der Waals surface area contributed by atoms with Gasteiger partial charge in [-0.2, -0.15) is 0 Å². The predicted octanol–water partition coefficient (Wildman–Crippen LogP) is 3.17. The van der Waals surface area contributed by atoms with Crippen molar-refractivity contribution in [1.29, 1.82) is 0 Å². The fraction of sp³-hybridized carbons (Fsp3) is 0.0769. The van der Waals surface area contributed by atoms with Gasteiger partial charge in [0, 0.05) is 11.4 Å². The van der Waals surface area contributed by atoms with Crippen molar-refractivity contribution >= 4 is 33.0 Å². The number of sulfonamides is 1. The number of benzene rings is 2. The number of anilines is 2. The average molecular weight is 315 g/mol. The molecule has 7 heteroatoms. The summed E-state index contributed by atoms with van der Waals surface area (Å²) in [5.74, 6) is -1.03. The van der Waals surface area contributed by atoms with Crippen LogP contribution in [0.4, 0.5) is 15.8 Å². The van der Waals surface area contributed by atoms with Crippen LogP contribution >= 0.6 is 11.6 Å². The minimum absolute atomic E-state index is 0.0704. The Morgan fingerprint density at radius 2 is 1.95 bits per heavy atom. The molecule has 4 nitrogen and oxygen atoms in total. The Labute approximate surface area is 121 Å². The molecule has 2 aromatic carbocycles. The maximum Gasteiger partial charge on any atom is 0.264 e. The second-order valence-corrected chi connectivity index (χ2v) is 6.35. The molecule has 0 amide bonds. The van der Waals surface area contributed by atoms with Crippen LogP contribution in [-0.4, -0.2) is 8.42 Å². The highest BCUT2D eigenvalue weighted by molar-refractivity contribution is 7.92. The monoisotopic (exact) mass is 314 g/mol. The lowest BCUT2D eigenvalue weighted by molar-refractivity contribution is 0.571. The van der Waals surface area contributed by atoms with Crippen LogP contribution in [-0.2, 0) is 10.0 Å². The lowest BCUT2D eigenvalue weighted by atomic mass is 10.2. The first kappa shape index (κ1) is 14.6. The van der Waals surface area contributed by atoms with Gasteiger partial charge < -0.3 is 5.73 Å². The molecule has 0 atom stereocenters. The van der Waals surface area contributed by atoms with E-state index in [1.54, 1.807) is 18.2 Å². The van der Waals surface area contributed by atoms with Gasteiger partial charge in [0.25, 0.3) is 10.0 Å². The van der Waals surface area contributed by atoms with Crippen molar-refractivity contribution in [3.63, 3.8) is 0 Å². The molecule has 0 unspecified atom stereocenters. The van der Waals surface area contributed by atoms with E-state index in [1.165, 1.54) is 0 Å². The van der Waals surface area contributed by atoms with E-state index in [0.717, 1.165) is 17.7 Å². The van der Waals surface area contributed by atoms with Crippen LogP contribution in [0, 0.1) is 12.7 Å². The summed E-state index contributed by atoms with van der Waals surface area (Å²) in [6.45, 7) is 1.82. The molecule has 0 saturated heterocycles. The molecule has 3 N–H and O–H groups in total. The topological polar surface area (TPSA) is 72.2 Å². The van der Waals surface area contributed by atoms with Crippen molar-refractivity contribution < 1.29 is 12.8 Å². The van der Waals surface area contributed by atoms with Crippen molar-refractivity contribution in [1.82, 2.24) is 0 Å². The summed E-state index contributed by atoms with van der Waals surface area (Å²) >= 11 is 5.61. The molecule has 0 heterocycles. The number of hydrogen-bond donors (Lipinski definition) is 2. The van der Waals surface area contributed by atoms with Crippen LogP contribution in [0.5, 0.6) is 0 Å². The largest absolute Gasteiger partial charge is 0.399 e. The molecule has 0 aliphatic heterocycles. The van der Waals surface area contributed by atoms with Gasteiger partial charge in [-0.25, -0.2) is 12.8 Å². The van der Waals surface area contributed by atoms with Crippen LogP contribution in [0.1, 0.15) is 5.56 Å². The molecule has 0 aromatic heterocycles. The van der Waals surface area contributed by atoms with E-state index in [1.807, 2.05) is 13.0 Å². The standard InChI is InChI=1S/C13H12ClFN2O2S/c1-8-3-2-4-10(5-8)17-20(18,19)12-7-9(16)6-11(14)13(12)15/h2-7,17H,16H2,1H3. The van der Waals surface area contributed by atoms with Gasteiger partial charge >= 0.3 is 0 Å². The SMILES string of the molecule is Cc1cccc(NS(=O)(=O)c2cc(N)cc(Cl)c2F)c1. The first-order chi connectivity index (χ1) is 9.29. The smallest absolute Gasteiger partial charge is 0.264 e. The minimum atomic E-state index is -4.10. The summed E-state index contributed by atoms with van der Waals surface area (Å²) in [6.07, 6.45) is 0. The van der Waals surface area contributed by atoms with Crippen molar-refractivity contribution in [2.75, 3.05) is 10.5 Å². The third-order valence-corrected chi connectivity index (χ3v) is 4.23. The quantitative estimate of drug-likeness (QED) is 0.855. The van der Waals surface area contributed by atoms with Gasteiger partial charge in [-0.3, -0.25) is 4.72 Å². The third kappa shape index (κ3) is 3.02. The molecule has 0 radical (unpaired) electrons. The van der Waals surface area contributed by atoms with Gasteiger partial charge in [-0.1, -0.05) is 23.7 Å². The fourth-order valence-electron chi connectivity index (χ4n) is 1.70. The minimum Gasteiger partial charge on any atom is -0.399 e. The van der Waals surface area contributed by atoms with Gasteiger partial charge in [0.15, 0.2) is 5.82 Å². The Bertz CT molecular complexity index is 763. The lowest BCUT2D eigenvalue weighted by Crippen LogP contribution is -2.15. The summed E-state index contributed by atoms with van der Waals surface area (Å²) < 4.78 is 40.5. The molecule has 0 aliphatic carbocycles. The highest BCUT2D eigenvalue weighted by atomic mass is 35.5. The maximum absolute atomic E-state index is 13.9. The van der Waals surface area contributed by atoms with E-state index in [2.05, 4.69) is 4.72 Å². The zero-order valence-corrected chi connectivity index (χ0v) is 12.1. The highest BCUT2D eigenvalue weighted by Crippen LogP contribution is 2.27. The second kappa shape index (κ2) is 5.30. The molecular formula is C13H12ClFN2O2S. The van der Waals surface area contributed by atoms with Crippen molar-refractivity contribution in [3.8, 4) is 0 Å². The molecule has 2 aromatic rings. The summed E-state index contributed by atoms with van der Waals surface area (Å²) in [5, 5.41) is -0.338. The van der Waals surface area contributed by atoms with Crippen molar-refractivity contribution in [2.24, 2.45) is 0 Å². The normalized spacial score (nSPS) is 11.3. The number of hydrogen-bond acceptors (Lipinski definition) is 3. The molecule has 106 valence electrons. The van der Waals surface area contributed by atoms with E-state index < -0.39 is 20.7 Å².